The Labute approximate surface area is 143 Å². The second kappa shape index (κ2) is 8.56. The Morgan fingerprint density at radius 3 is 1.75 bits per heavy atom. The van der Waals surface area contributed by atoms with E-state index in [1.165, 1.54) is 18.2 Å². The number of nitro groups is 2. The highest BCUT2D eigenvalue weighted by Crippen LogP contribution is 2.09. The smallest absolute Gasteiger partial charge is 0.418 e. The van der Waals surface area contributed by atoms with E-state index in [1.807, 2.05) is 6.07 Å². The van der Waals surface area contributed by atoms with Crippen molar-refractivity contribution in [3.63, 3.8) is 0 Å². The molecule has 6 nitrogen and oxygen atoms in total. The predicted molar refractivity (Wildman–Crippen MR) is 73.8 cm³/mol. The second-order valence-corrected chi connectivity index (χ2v) is 7.09. The molecule has 0 N–H and O–H groups in total. The normalized spacial score (nSPS) is 10.5. The molecule has 0 radical (unpaired) electrons. The van der Waals surface area contributed by atoms with Crippen LogP contribution in [-0.2, 0) is 0 Å². The first-order valence-corrected chi connectivity index (χ1v) is 8.23. The molecule has 2 aromatic carbocycles. The summed E-state index contributed by atoms with van der Waals surface area (Å²) in [5, 5.41) is 21.2. The summed E-state index contributed by atoms with van der Waals surface area (Å²) in [7, 11) is -6.00. The molecule has 0 fully saturated rings. The minimum absolute atomic E-state index is 0.0480. The molecule has 0 spiro atoms. The topological polar surface area (TPSA) is 86.3 Å². The fraction of sp³-hybridized carbons (Fsp3) is 0. The molecule has 0 aromatic heterocycles. The molecule has 0 aliphatic carbocycles. The van der Waals surface area contributed by atoms with Crippen molar-refractivity contribution in [2.75, 3.05) is 0 Å². The average Bonchev–Trinajstić information content (AvgIpc) is 2.46. The van der Waals surface area contributed by atoms with E-state index >= 15 is 0 Å². The SMILES string of the molecule is F[B-](F)(F)F.O=[N+]([O-])c1ccc([I+]c2cccc([N+](=O)[O-])c2)cc1. The zero-order valence-corrected chi connectivity index (χ0v) is 13.8. The van der Waals surface area contributed by atoms with Crippen molar-refractivity contribution in [2.24, 2.45) is 0 Å². The van der Waals surface area contributed by atoms with E-state index in [0.717, 1.165) is 7.14 Å². The van der Waals surface area contributed by atoms with Gasteiger partial charge in [-0.1, -0.05) is 6.07 Å². The molecule has 0 aliphatic rings. The molecule has 0 saturated heterocycles. The van der Waals surface area contributed by atoms with Crippen LogP contribution < -0.4 is 21.2 Å². The van der Waals surface area contributed by atoms with E-state index in [-0.39, 0.29) is 11.4 Å². The van der Waals surface area contributed by atoms with Crippen LogP contribution in [0.5, 0.6) is 0 Å². The first kappa shape index (κ1) is 19.8. The quantitative estimate of drug-likeness (QED) is 0.225. The highest BCUT2D eigenvalue weighted by atomic mass is 127. The van der Waals surface area contributed by atoms with Gasteiger partial charge in [0.25, 0.3) is 11.4 Å². The summed E-state index contributed by atoms with van der Waals surface area (Å²) in [6.07, 6.45) is 0. The highest BCUT2D eigenvalue weighted by Gasteiger charge is 2.21. The van der Waals surface area contributed by atoms with Crippen molar-refractivity contribution >= 4 is 18.6 Å². The fourth-order valence-electron chi connectivity index (χ4n) is 1.40. The molecule has 2 rings (SSSR count). The minimum atomic E-state index is -6.00. The number of hydrogen-bond acceptors (Lipinski definition) is 4. The average molecular weight is 458 g/mol. The van der Waals surface area contributed by atoms with Crippen molar-refractivity contribution in [3.05, 3.63) is 75.9 Å². The summed E-state index contributed by atoms with van der Waals surface area (Å²) in [6, 6.07) is 12.8. The van der Waals surface area contributed by atoms with Crippen LogP contribution in [0.4, 0.5) is 28.6 Å². The molecule has 0 amide bonds. The summed E-state index contributed by atoms with van der Waals surface area (Å²) < 4.78 is 40.9. The van der Waals surface area contributed by atoms with Crippen molar-refractivity contribution in [1.82, 2.24) is 0 Å². The standard InChI is InChI=1S/C12H8IN2O4.BF4/c16-14(17)11-6-4-9(5-7-11)13-10-2-1-3-12(8-10)15(18)19;2-1(3,4)5/h1-8H;/q+1;-1. The van der Waals surface area contributed by atoms with E-state index in [4.69, 9.17) is 0 Å². The van der Waals surface area contributed by atoms with Gasteiger partial charge >= 0.3 is 28.5 Å². The maximum Gasteiger partial charge on any atom is 0.673 e. The van der Waals surface area contributed by atoms with Gasteiger partial charge < -0.3 is 17.3 Å². The number of halogens is 5. The van der Waals surface area contributed by atoms with Crippen LogP contribution in [0.1, 0.15) is 0 Å². The van der Waals surface area contributed by atoms with Gasteiger partial charge in [-0.2, -0.15) is 0 Å². The Balaban J connectivity index is 0.000000505. The van der Waals surface area contributed by atoms with Crippen LogP contribution in [0.25, 0.3) is 0 Å². The molecule has 0 unspecified atom stereocenters. The molecular formula is C12H8BF4IN2O4. The minimum Gasteiger partial charge on any atom is -0.418 e. The Kier molecular flexibility index (Phi) is 7.07. The van der Waals surface area contributed by atoms with E-state index in [2.05, 4.69) is 0 Å². The molecule has 0 saturated carbocycles. The molecule has 0 atom stereocenters. The second-order valence-electron chi connectivity index (χ2n) is 4.06. The third-order valence-corrected chi connectivity index (χ3v) is 4.91. The lowest BCUT2D eigenvalue weighted by Gasteiger charge is -1.94. The largest absolute Gasteiger partial charge is 0.673 e. The number of rotatable bonds is 4. The van der Waals surface area contributed by atoms with Crippen LogP contribution in [0.3, 0.4) is 0 Å². The Morgan fingerprint density at radius 1 is 0.792 bits per heavy atom. The summed E-state index contributed by atoms with van der Waals surface area (Å²) >= 11 is -0.573. The number of hydrogen-bond donors (Lipinski definition) is 0. The summed E-state index contributed by atoms with van der Waals surface area (Å²) in [4.78, 5) is 20.3. The lowest BCUT2D eigenvalue weighted by atomic mass is 10.3. The van der Waals surface area contributed by atoms with Crippen LogP contribution >= 0.6 is 0 Å². The van der Waals surface area contributed by atoms with E-state index in [1.54, 1.807) is 24.3 Å². The molecule has 0 aliphatic heterocycles. The van der Waals surface area contributed by atoms with Crippen LogP contribution in [-0.4, -0.2) is 17.1 Å². The number of non-ortho nitro benzene ring substituents is 2. The van der Waals surface area contributed by atoms with Crippen LogP contribution in [0.15, 0.2) is 48.5 Å². The van der Waals surface area contributed by atoms with Gasteiger partial charge in [-0.25, -0.2) is 0 Å². The molecular weight excluding hydrogens is 450 g/mol. The Hall–Kier alpha value is -2.25. The summed E-state index contributed by atoms with van der Waals surface area (Å²) in [5.74, 6) is 0. The van der Waals surface area contributed by atoms with Gasteiger partial charge in [0.2, 0.25) is 3.57 Å². The van der Waals surface area contributed by atoms with E-state index in [0.29, 0.717) is 0 Å². The molecule has 12 heteroatoms. The zero-order valence-electron chi connectivity index (χ0n) is 11.6. The zero-order chi connectivity index (χ0) is 18.3. The van der Waals surface area contributed by atoms with Crippen molar-refractivity contribution in [3.8, 4) is 0 Å². The lowest BCUT2D eigenvalue weighted by Crippen LogP contribution is -3.61. The van der Waals surface area contributed by atoms with Crippen LogP contribution in [0.2, 0.25) is 0 Å². The van der Waals surface area contributed by atoms with Gasteiger partial charge in [-0.15, -0.1) is 0 Å². The molecule has 128 valence electrons. The summed E-state index contributed by atoms with van der Waals surface area (Å²) in [6.45, 7) is 0. The third-order valence-electron chi connectivity index (χ3n) is 2.27. The van der Waals surface area contributed by atoms with Gasteiger partial charge in [-0.05, 0) is 18.2 Å². The van der Waals surface area contributed by atoms with Crippen molar-refractivity contribution in [2.45, 2.75) is 0 Å². The molecule has 0 heterocycles. The highest BCUT2D eigenvalue weighted by molar-refractivity contribution is 6.50. The maximum atomic E-state index is 10.7. The van der Waals surface area contributed by atoms with E-state index < -0.39 is 38.3 Å². The predicted octanol–water partition coefficient (Wildman–Crippen LogP) is 0.931. The lowest BCUT2D eigenvalue weighted by molar-refractivity contribution is -0.598. The van der Waals surface area contributed by atoms with E-state index in [9.17, 15) is 37.5 Å². The maximum absolute atomic E-state index is 10.7. The van der Waals surface area contributed by atoms with Gasteiger partial charge in [0, 0.05) is 18.2 Å². The van der Waals surface area contributed by atoms with Gasteiger partial charge in [0.05, 0.1) is 15.9 Å². The Morgan fingerprint density at radius 2 is 1.29 bits per heavy atom. The fourth-order valence-corrected chi connectivity index (χ4v) is 3.70. The number of benzene rings is 2. The van der Waals surface area contributed by atoms with Crippen LogP contribution in [0, 0.1) is 27.4 Å². The van der Waals surface area contributed by atoms with Gasteiger partial charge in [0.15, 0.2) is 3.57 Å². The molecule has 0 bridgehead atoms. The third kappa shape index (κ3) is 7.85. The first-order chi connectivity index (χ1) is 11.1. The molecule has 24 heavy (non-hydrogen) atoms. The van der Waals surface area contributed by atoms with Crippen molar-refractivity contribution in [1.29, 1.82) is 0 Å². The van der Waals surface area contributed by atoms with Gasteiger partial charge in [0.1, 0.15) is 0 Å². The summed E-state index contributed by atoms with van der Waals surface area (Å²) in [5.41, 5.74) is 0.117. The Bertz CT molecular complexity index is 722. The molecule has 2 aromatic rings. The van der Waals surface area contributed by atoms with Gasteiger partial charge in [-0.3, -0.25) is 20.2 Å². The van der Waals surface area contributed by atoms with Crippen molar-refractivity contribution < 1.29 is 48.3 Å². The number of nitrogens with zero attached hydrogens (tertiary/aromatic N) is 2. The first-order valence-electron chi connectivity index (χ1n) is 6.07. The number of nitro benzene ring substituents is 2. The monoisotopic (exact) mass is 458 g/mol.